The third kappa shape index (κ3) is 5.62. The summed E-state index contributed by atoms with van der Waals surface area (Å²) in [5.74, 6) is -2.10. The predicted octanol–water partition coefficient (Wildman–Crippen LogP) is 3.91. The highest BCUT2D eigenvalue weighted by atomic mass is 16.7. The molecule has 1 aliphatic heterocycles. The van der Waals surface area contributed by atoms with Crippen LogP contribution in [0.2, 0.25) is 0 Å². The maximum absolute atomic E-state index is 13.7. The van der Waals surface area contributed by atoms with Crippen molar-refractivity contribution >= 4 is 28.7 Å². The zero-order valence-corrected chi connectivity index (χ0v) is 20.3. The van der Waals surface area contributed by atoms with E-state index in [1.165, 1.54) is 6.92 Å². The molecule has 2 aromatic carbocycles. The molecule has 1 aromatic heterocycles. The third-order valence-corrected chi connectivity index (χ3v) is 6.28. The number of carboxylic acids is 1. The Bertz CT molecular complexity index is 1250. The first-order chi connectivity index (χ1) is 17.4. The number of hydrogen-bond acceptors (Lipinski definition) is 6. The van der Waals surface area contributed by atoms with Gasteiger partial charge in [-0.05, 0) is 35.7 Å². The van der Waals surface area contributed by atoms with Crippen LogP contribution in [0.4, 0.5) is 0 Å². The van der Waals surface area contributed by atoms with Gasteiger partial charge in [-0.3, -0.25) is 9.59 Å². The first kappa shape index (κ1) is 25.1. The van der Waals surface area contributed by atoms with E-state index in [9.17, 15) is 19.5 Å². The summed E-state index contributed by atoms with van der Waals surface area (Å²) in [6, 6.07) is 11.5. The Morgan fingerprint density at radius 2 is 1.92 bits per heavy atom. The number of carbonyl (C=O) groups excluding carboxylic acids is 2. The molecule has 2 unspecified atom stereocenters. The normalized spacial score (nSPS) is 14.7. The highest BCUT2D eigenvalue weighted by Crippen LogP contribution is 2.37. The third-order valence-electron chi connectivity index (χ3n) is 6.28. The molecule has 0 saturated carbocycles. The lowest BCUT2D eigenvalue weighted by atomic mass is 9.88. The van der Waals surface area contributed by atoms with Gasteiger partial charge in [0.05, 0.1) is 0 Å². The summed E-state index contributed by atoms with van der Waals surface area (Å²) in [4.78, 5) is 40.9. The highest BCUT2D eigenvalue weighted by molar-refractivity contribution is 5.90. The molecule has 3 atom stereocenters. The Morgan fingerprint density at radius 3 is 2.67 bits per heavy atom. The van der Waals surface area contributed by atoms with Crippen molar-refractivity contribution in [3.8, 4) is 11.5 Å². The molecule has 4 rings (SSSR count). The standard InChI is InChI=1S/C27H30N2O7/c1-3-4-9-23(36-16(2)30)25(17-10-11-22-24(13-17)35-15-34-22)26(31)29-21(27(32)33)12-18-14-28-20-8-6-5-7-19(18)20/h5-8,10-11,13-14,21,23,25,28H,3-4,9,12,15H2,1-2H3,(H,29,31)(H,32,33)/t21-,23?,25?/m0/s1. The summed E-state index contributed by atoms with van der Waals surface area (Å²) in [5.41, 5.74) is 2.21. The Kier molecular flexibility index (Phi) is 7.77. The number of rotatable bonds is 11. The topological polar surface area (TPSA) is 127 Å². The molecule has 0 spiro atoms. The van der Waals surface area contributed by atoms with Crippen LogP contribution in [-0.4, -0.2) is 46.9 Å². The fourth-order valence-electron chi connectivity index (χ4n) is 4.54. The molecule has 9 nitrogen and oxygen atoms in total. The number of esters is 1. The number of aromatic nitrogens is 1. The number of aliphatic carboxylic acids is 1. The molecule has 0 fully saturated rings. The monoisotopic (exact) mass is 494 g/mol. The molecule has 1 amide bonds. The van der Waals surface area contributed by atoms with Crippen LogP contribution in [0.15, 0.2) is 48.7 Å². The Hall–Kier alpha value is -4.01. The average molecular weight is 495 g/mol. The smallest absolute Gasteiger partial charge is 0.326 e. The second kappa shape index (κ2) is 11.2. The largest absolute Gasteiger partial charge is 0.480 e. The quantitative estimate of drug-likeness (QED) is 0.345. The summed E-state index contributed by atoms with van der Waals surface area (Å²) >= 11 is 0. The minimum absolute atomic E-state index is 0.0740. The summed E-state index contributed by atoms with van der Waals surface area (Å²) in [7, 11) is 0. The van der Waals surface area contributed by atoms with Gasteiger partial charge in [-0.2, -0.15) is 0 Å². The number of carbonyl (C=O) groups is 3. The van der Waals surface area contributed by atoms with Crippen molar-refractivity contribution in [2.75, 3.05) is 6.79 Å². The Labute approximate surface area is 208 Å². The van der Waals surface area contributed by atoms with Crippen LogP contribution in [0.3, 0.4) is 0 Å². The molecule has 0 saturated heterocycles. The number of hydrogen-bond donors (Lipinski definition) is 3. The number of ether oxygens (including phenoxy) is 3. The molecule has 3 N–H and O–H groups in total. The number of H-pyrrole nitrogens is 1. The van der Waals surface area contributed by atoms with Gasteiger partial charge in [-0.25, -0.2) is 4.79 Å². The fraction of sp³-hybridized carbons (Fsp3) is 0.370. The van der Waals surface area contributed by atoms with Gasteiger partial charge in [0.2, 0.25) is 12.7 Å². The number of nitrogens with one attached hydrogen (secondary N) is 2. The molecule has 0 radical (unpaired) electrons. The molecular formula is C27H30N2O7. The van der Waals surface area contributed by atoms with Crippen molar-refractivity contribution < 1.29 is 33.7 Å². The summed E-state index contributed by atoms with van der Waals surface area (Å²) in [6.45, 7) is 3.37. The Balaban J connectivity index is 1.64. The lowest BCUT2D eigenvalue weighted by Crippen LogP contribution is -2.47. The van der Waals surface area contributed by atoms with Crippen molar-refractivity contribution in [2.45, 2.75) is 57.6 Å². The lowest BCUT2D eigenvalue weighted by molar-refractivity contribution is -0.151. The van der Waals surface area contributed by atoms with Gasteiger partial charge in [-0.1, -0.05) is 44.0 Å². The number of para-hydroxylation sites is 1. The van der Waals surface area contributed by atoms with E-state index in [-0.39, 0.29) is 13.2 Å². The molecule has 9 heteroatoms. The van der Waals surface area contributed by atoms with Gasteiger partial charge in [-0.15, -0.1) is 0 Å². The van der Waals surface area contributed by atoms with Crippen LogP contribution in [0, 0.1) is 0 Å². The van der Waals surface area contributed by atoms with Gasteiger partial charge in [0.25, 0.3) is 0 Å². The van der Waals surface area contributed by atoms with Gasteiger partial charge < -0.3 is 29.6 Å². The van der Waals surface area contributed by atoms with Gasteiger partial charge in [0.1, 0.15) is 18.1 Å². The van der Waals surface area contributed by atoms with Crippen molar-refractivity contribution in [3.05, 3.63) is 59.8 Å². The van der Waals surface area contributed by atoms with Gasteiger partial charge >= 0.3 is 11.9 Å². The second-order valence-electron chi connectivity index (χ2n) is 8.84. The van der Waals surface area contributed by atoms with E-state index in [1.807, 2.05) is 31.2 Å². The van der Waals surface area contributed by atoms with E-state index >= 15 is 0 Å². The van der Waals surface area contributed by atoms with E-state index < -0.39 is 35.9 Å². The highest BCUT2D eigenvalue weighted by Gasteiger charge is 2.35. The van der Waals surface area contributed by atoms with Crippen molar-refractivity contribution in [3.63, 3.8) is 0 Å². The summed E-state index contributed by atoms with van der Waals surface area (Å²) in [5, 5.41) is 13.5. The molecular weight excluding hydrogens is 464 g/mol. The number of unbranched alkanes of at least 4 members (excludes halogenated alkanes) is 1. The van der Waals surface area contributed by atoms with Crippen LogP contribution in [0.1, 0.15) is 50.2 Å². The van der Waals surface area contributed by atoms with E-state index in [0.717, 1.165) is 29.3 Å². The maximum Gasteiger partial charge on any atom is 0.326 e. The number of aromatic amines is 1. The van der Waals surface area contributed by atoms with Crippen LogP contribution in [-0.2, 0) is 25.5 Å². The van der Waals surface area contributed by atoms with E-state index in [0.29, 0.717) is 23.5 Å². The molecule has 36 heavy (non-hydrogen) atoms. The summed E-state index contributed by atoms with van der Waals surface area (Å²) in [6.07, 6.45) is 3.08. The van der Waals surface area contributed by atoms with Gasteiger partial charge in [0, 0.05) is 30.4 Å². The zero-order valence-electron chi connectivity index (χ0n) is 20.3. The molecule has 2 heterocycles. The van der Waals surface area contributed by atoms with Crippen molar-refractivity contribution in [1.29, 1.82) is 0 Å². The molecule has 1 aliphatic rings. The van der Waals surface area contributed by atoms with Crippen LogP contribution >= 0.6 is 0 Å². The summed E-state index contributed by atoms with van der Waals surface area (Å²) < 4.78 is 16.5. The second-order valence-corrected chi connectivity index (χ2v) is 8.84. The molecule has 0 bridgehead atoms. The van der Waals surface area contributed by atoms with Crippen molar-refractivity contribution in [2.24, 2.45) is 0 Å². The molecule has 3 aromatic rings. The van der Waals surface area contributed by atoms with Crippen molar-refractivity contribution in [1.82, 2.24) is 10.3 Å². The lowest BCUT2D eigenvalue weighted by Gasteiger charge is -2.28. The fourth-order valence-corrected chi connectivity index (χ4v) is 4.54. The first-order valence-electron chi connectivity index (χ1n) is 12.0. The number of carboxylic acid groups (broad SMARTS) is 1. The van der Waals surface area contributed by atoms with E-state index in [2.05, 4.69) is 10.3 Å². The number of fused-ring (bicyclic) bond motifs is 2. The average Bonchev–Trinajstić information content (AvgIpc) is 3.48. The van der Waals surface area contributed by atoms with Gasteiger partial charge in [0.15, 0.2) is 11.5 Å². The maximum atomic E-state index is 13.7. The first-order valence-corrected chi connectivity index (χ1v) is 12.0. The molecule has 190 valence electrons. The Morgan fingerprint density at radius 1 is 1.14 bits per heavy atom. The minimum atomic E-state index is -1.18. The zero-order chi connectivity index (χ0) is 25.7. The minimum Gasteiger partial charge on any atom is -0.480 e. The van der Waals surface area contributed by atoms with Crippen LogP contribution in [0.5, 0.6) is 11.5 Å². The van der Waals surface area contributed by atoms with E-state index in [1.54, 1.807) is 24.4 Å². The number of benzene rings is 2. The van der Waals surface area contributed by atoms with Crippen LogP contribution in [0.25, 0.3) is 10.9 Å². The van der Waals surface area contributed by atoms with Crippen LogP contribution < -0.4 is 14.8 Å². The van der Waals surface area contributed by atoms with E-state index in [4.69, 9.17) is 14.2 Å². The molecule has 0 aliphatic carbocycles. The predicted molar refractivity (Wildman–Crippen MR) is 132 cm³/mol. The number of amides is 1. The SMILES string of the molecule is CCCCC(OC(C)=O)C(C(=O)N[C@@H](Cc1c[nH]c2ccccc12)C(=O)O)c1ccc2c(c1)OCO2.